The molecule has 0 fully saturated rings. The van der Waals surface area contributed by atoms with Gasteiger partial charge in [0.1, 0.15) is 0 Å². The summed E-state index contributed by atoms with van der Waals surface area (Å²) in [5, 5.41) is 7.80. The van der Waals surface area contributed by atoms with Crippen molar-refractivity contribution in [2.45, 2.75) is 32.4 Å². The third kappa shape index (κ3) is 5.04. The van der Waals surface area contributed by atoms with Crippen molar-refractivity contribution in [2.24, 2.45) is 0 Å². The number of amides is 2. The van der Waals surface area contributed by atoms with E-state index in [2.05, 4.69) is 15.6 Å². The highest BCUT2D eigenvalue weighted by Gasteiger charge is 2.19. The van der Waals surface area contributed by atoms with E-state index >= 15 is 0 Å². The van der Waals surface area contributed by atoms with Crippen LogP contribution in [0.4, 0.5) is 0 Å². The Morgan fingerprint density at radius 2 is 1.96 bits per heavy atom. The second-order valence-electron chi connectivity index (χ2n) is 6.32. The van der Waals surface area contributed by atoms with Crippen LogP contribution < -0.4 is 10.6 Å². The summed E-state index contributed by atoms with van der Waals surface area (Å²) in [6.45, 7) is 3.41. The SMILES string of the molecule is CC(=O)N[C@H](CC(=O)N[C@H](C)c1ccc(-n2ccnc2)cc1)c1cccs1. The van der Waals surface area contributed by atoms with E-state index < -0.39 is 0 Å². The molecule has 0 bridgehead atoms. The quantitative estimate of drug-likeness (QED) is 0.658. The largest absolute Gasteiger partial charge is 0.350 e. The van der Waals surface area contributed by atoms with E-state index in [4.69, 9.17) is 0 Å². The minimum atomic E-state index is -0.307. The Balaban J connectivity index is 1.61. The van der Waals surface area contributed by atoms with Crippen LogP contribution in [-0.4, -0.2) is 21.4 Å². The molecule has 2 N–H and O–H groups in total. The van der Waals surface area contributed by atoms with E-state index in [1.165, 1.54) is 18.3 Å². The number of aromatic nitrogens is 2. The molecule has 27 heavy (non-hydrogen) atoms. The molecule has 0 aliphatic heterocycles. The molecule has 0 saturated carbocycles. The Kier molecular flexibility index (Phi) is 6.03. The van der Waals surface area contributed by atoms with Crippen molar-refractivity contribution in [3.05, 3.63) is 70.9 Å². The zero-order valence-electron chi connectivity index (χ0n) is 15.3. The molecule has 2 amide bonds. The first-order chi connectivity index (χ1) is 13.0. The maximum Gasteiger partial charge on any atom is 0.222 e. The summed E-state index contributed by atoms with van der Waals surface area (Å²) >= 11 is 1.53. The second-order valence-corrected chi connectivity index (χ2v) is 7.30. The molecule has 0 radical (unpaired) electrons. The number of rotatable bonds is 7. The third-order valence-corrected chi connectivity index (χ3v) is 5.21. The Labute approximate surface area is 162 Å². The number of nitrogens with one attached hydrogen (secondary N) is 2. The second kappa shape index (κ2) is 8.64. The number of thiophene rings is 1. The third-order valence-electron chi connectivity index (χ3n) is 4.23. The van der Waals surface area contributed by atoms with Gasteiger partial charge in [0.15, 0.2) is 0 Å². The summed E-state index contributed by atoms with van der Waals surface area (Å²) in [6.07, 6.45) is 5.56. The zero-order valence-corrected chi connectivity index (χ0v) is 16.1. The van der Waals surface area contributed by atoms with Crippen LogP contribution in [0.3, 0.4) is 0 Å². The Morgan fingerprint density at radius 1 is 1.19 bits per heavy atom. The van der Waals surface area contributed by atoms with Gasteiger partial charge in [-0.25, -0.2) is 4.98 Å². The lowest BCUT2D eigenvalue weighted by Crippen LogP contribution is -2.33. The molecule has 2 atom stereocenters. The van der Waals surface area contributed by atoms with Crippen LogP contribution in [0.2, 0.25) is 0 Å². The van der Waals surface area contributed by atoms with Gasteiger partial charge >= 0.3 is 0 Å². The number of carbonyl (C=O) groups excluding carboxylic acids is 2. The van der Waals surface area contributed by atoms with E-state index in [0.717, 1.165) is 16.1 Å². The predicted molar refractivity (Wildman–Crippen MR) is 106 cm³/mol. The molecule has 1 aromatic carbocycles. The average molecular weight is 382 g/mol. The molecule has 0 saturated heterocycles. The summed E-state index contributed by atoms with van der Waals surface area (Å²) in [7, 11) is 0. The van der Waals surface area contributed by atoms with Gasteiger partial charge in [0.25, 0.3) is 0 Å². The van der Waals surface area contributed by atoms with Gasteiger partial charge in [-0.15, -0.1) is 11.3 Å². The normalized spacial score (nSPS) is 13.0. The molecular weight excluding hydrogens is 360 g/mol. The van der Waals surface area contributed by atoms with Crippen LogP contribution in [0, 0.1) is 0 Å². The number of hydrogen-bond donors (Lipinski definition) is 2. The molecule has 2 aromatic heterocycles. The fourth-order valence-corrected chi connectivity index (χ4v) is 3.65. The summed E-state index contributed by atoms with van der Waals surface area (Å²) < 4.78 is 1.92. The molecule has 0 unspecified atom stereocenters. The van der Waals surface area contributed by atoms with E-state index in [0.29, 0.717) is 0 Å². The maximum atomic E-state index is 12.5. The van der Waals surface area contributed by atoms with Gasteiger partial charge in [-0.05, 0) is 36.1 Å². The first kappa shape index (κ1) is 18.8. The highest BCUT2D eigenvalue weighted by atomic mass is 32.1. The minimum absolute atomic E-state index is 0.103. The highest BCUT2D eigenvalue weighted by Crippen LogP contribution is 2.23. The van der Waals surface area contributed by atoms with Gasteiger partial charge in [0.05, 0.1) is 24.8 Å². The first-order valence-electron chi connectivity index (χ1n) is 8.71. The van der Waals surface area contributed by atoms with Crippen molar-refractivity contribution in [3.63, 3.8) is 0 Å². The number of hydrogen-bond acceptors (Lipinski definition) is 4. The topological polar surface area (TPSA) is 76.0 Å². The van der Waals surface area contributed by atoms with Crippen LogP contribution >= 0.6 is 11.3 Å². The predicted octanol–water partition coefficient (Wildman–Crippen LogP) is 3.38. The number of nitrogens with zero attached hydrogens (tertiary/aromatic N) is 2. The summed E-state index contributed by atoms with van der Waals surface area (Å²) in [5.74, 6) is -0.252. The molecule has 0 spiro atoms. The van der Waals surface area contributed by atoms with Gasteiger partial charge in [-0.3, -0.25) is 9.59 Å². The van der Waals surface area contributed by atoms with E-state index in [1.54, 1.807) is 12.5 Å². The van der Waals surface area contributed by atoms with Crippen LogP contribution in [0.1, 0.15) is 42.8 Å². The van der Waals surface area contributed by atoms with Crippen molar-refractivity contribution in [3.8, 4) is 5.69 Å². The van der Waals surface area contributed by atoms with Gasteiger partial charge in [-0.1, -0.05) is 18.2 Å². The lowest BCUT2D eigenvalue weighted by molar-refractivity contribution is -0.123. The standard InChI is InChI=1S/C20H22N4O2S/c1-14(16-5-7-17(8-6-16)24-10-9-21-13-24)22-20(26)12-18(23-15(2)25)19-4-3-11-27-19/h3-11,13-14,18H,12H2,1-2H3,(H,22,26)(H,23,25)/t14-,18-/m1/s1. The maximum absolute atomic E-state index is 12.5. The van der Waals surface area contributed by atoms with Crippen molar-refractivity contribution in [2.75, 3.05) is 0 Å². The molecule has 3 aromatic rings. The van der Waals surface area contributed by atoms with Gasteiger partial charge < -0.3 is 15.2 Å². The number of imidazole rings is 1. The van der Waals surface area contributed by atoms with Crippen LogP contribution in [0.25, 0.3) is 5.69 Å². The van der Waals surface area contributed by atoms with Crippen molar-refractivity contribution in [1.82, 2.24) is 20.2 Å². The average Bonchev–Trinajstić information content (AvgIpc) is 3.34. The fraction of sp³-hybridized carbons (Fsp3) is 0.250. The lowest BCUT2D eigenvalue weighted by Gasteiger charge is -2.19. The first-order valence-corrected chi connectivity index (χ1v) is 9.59. The van der Waals surface area contributed by atoms with E-state index in [9.17, 15) is 9.59 Å². The zero-order chi connectivity index (χ0) is 19.2. The van der Waals surface area contributed by atoms with Crippen molar-refractivity contribution in [1.29, 1.82) is 0 Å². The summed E-state index contributed by atoms with van der Waals surface area (Å²) in [5.41, 5.74) is 2.03. The smallest absolute Gasteiger partial charge is 0.222 e. The Bertz CT molecular complexity index is 873. The van der Waals surface area contributed by atoms with E-state index in [-0.39, 0.29) is 30.3 Å². The van der Waals surface area contributed by atoms with Crippen molar-refractivity contribution < 1.29 is 9.59 Å². The molecule has 0 aliphatic rings. The molecule has 0 aliphatic carbocycles. The number of benzene rings is 1. The van der Waals surface area contributed by atoms with Crippen LogP contribution in [0.5, 0.6) is 0 Å². The minimum Gasteiger partial charge on any atom is -0.350 e. The Morgan fingerprint density at radius 3 is 2.56 bits per heavy atom. The van der Waals surface area contributed by atoms with Crippen LogP contribution in [0.15, 0.2) is 60.5 Å². The summed E-state index contributed by atoms with van der Waals surface area (Å²) in [4.78, 5) is 29.0. The monoisotopic (exact) mass is 382 g/mol. The lowest BCUT2D eigenvalue weighted by atomic mass is 10.1. The van der Waals surface area contributed by atoms with Gasteiger partial charge in [0.2, 0.25) is 11.8 Å². The van der Waals surface area contributed by atoms with E-state index in [1.807, 2.05) is 59.5 Å². The molecule has 2 heterocycles. The summed E-state index contributed by atoms with van der Waals surface area (Å²) in [6, 6.07) is 11.4. The molecule has 7 heteroatoms. The number of carbonyl (C=O) groups is 2. The highest BCUT2D eigenvalue weighted by molar-refractivity contribution is 7.10. The van der Waals surface area contributed by atoms with Crippen LogP contribution in [-0.2, 0) is 9.59 Å². The van der Waals surface area contributed by atoms with Gasteiger partial charge in [-0.2, -0.15) is 0 Å². The molecule has 6 nitrogen and oxygen atoms in total. The molecule has 140 valence electrons. The fourth-order valence-electron chi connectivity index (χ4n) is 2.87. The Hall–Kier alpha value is -2.93. The van der Waals surface area contributed by atoms with Crippen molar-refractivity contribution >= 4 is 23.2 Å². The molecular formula is C20H22N4O2S. The molecule has 3 rings (SSSR count). The van der Waals surface area contributed by atoms with Gasteiger partial charge in [0, 0.05) is 29.9 Å².